The zero-order valence-corrected chi connectivity index (χ0v) is 13.3. The molecule has 0 spiro atoms. The molecule has 118 valence electrons. The number of hydrogen-bond acceptors (Lipinski definition) is 4. The summed E-state index contributed by atoms with van der Waals surface area (Å²) in [6.45, 7) is 7.69. The van der Waals surface area contributed by atoms with Gasteiger partial charge in [0.25, 0.3) is 5.91 Å². The molecular formula is C16H21N3O3. The summed E-state index contributed by atoms with van der Waals surface area (Å²) in [5.41, 5.74) is 0.260. The van der Waals surface area contributed by atoms with Crippen molar-refractivity contribution in [1.82, 2.24) is 10.3 Å². The Morgan fingerprint density at radius 2 is 2.09 bits per heavy atom. The molecule has 1 aromatic rings. The fraction of sp³-hybridized carbons (Fsp3) is 0.500. The number of aryl methyl sites for hydroxylation is 1. The third-order valence-electron chi connectivity index (χ3n) is 4.24. The number of carbonyl (C=O) groups is 2. The van der Waals surface area contributed by atoms with Crippen LogP contribution < -0.4 is 5.32 Å². The Bertz CT molecular complexity index is 652. The maximum absolute atomic E-state index is 12.4. The van der Waals surface area contributed by atoms with Crippen molar-refractivity contribution in [2.75, 3.05) is 0 Å². The standard InChI is InChI=1S/C16H21N3O3/c1-5-10-7-11(14(20)21)12(17-8-10)13-18-15(22)16(6-2,19-13)9(3)4/h7-9H,5-6H2,1-4H3,(H,20,21)(H,18,19,22). The van der Waals surface area contributed by atoms with E-state index < -0.39 is 11.5 Å². The smallest absolute Gasteiger partial charge is 0.338 e. The molecular weight excluding hydrogens is 282 g/mol. The Labute approximate surface area is 129 Å². The van der Waals surface area contributed by atoms with Crippen LogP contribution in [-0.2, 0) is 11.2 Å². The third kappa shape index (κ3) is 2.49. The summed E-state index contributed by atoms with van der Waals surface area (Å²) < 4.78 is 0. The van der Waals surface area contributed by atoms with Crippen molar-refractivity contribution in [3.63, 3.8) is 0 Å². The second-order valence-corrected chi connectivity index (χ2v) is 5.75. The summed E-state index contributed by atoms with van der Waals surface area (Å²) in [7, 11) is 0. The van der Waals surface area contributed by atoms with Gasteiger partial charge in [0.1, 0.15) is 11.2 Å². The van der Waals surface area contributed by atoms with E-state index >= 15 is 0 Å². The van der Waals surface area contributed by atoms with Crippen molar-refractivity contribution < 1.29 is 14.7 Å². The number of aromatic carboxylic acids is 1. The minimum atomic E-state index is -1.08. The van der Waals surface area contributed by atoms with Gasteiger partial charge in [-0.05, 0) is 30.4 Å². The first-order valence-corrected chi connectivity index (χ1v) is 7.49. The van der Waals surface area contributed by atoms with Crippen LogP contribution >= 0.6 is 0 Å². The number of hydrogen-bond donors (Lipinski definition) is 2. The molecule has 0 aromatic carbocycles. The highest BCUT2D eigenvalue weighted by Gasteiger charge is 2.45. The molecule has 1 atom stereocenters. The molecule has 1 amide bonds. The number of nitrogens with one attached hydrogen (secondary N) is 1. The Balaban J connectivity index is 2.56. The lowest BCUT2D eigenvalue weighted by atomic mass is 9.84. The summed E-state index contributed by atoms with van der Waals surface area (Å²) in [4.78, 5) is 32.6. The molecule has 0 saturated carbocycles. The highest BCUT2D eigenvalue weighted by Crippen LogP contribution is 2.31. The average Bonchev–Trinajstić information content (AvgIpc) is 2.84. The maximum atomic E-state index is 12.4. The van der Waals surface area contributed by atoms with Crippen LogP contribution in [0, 0.1) is 5.92 Å². The van der Waals surface area contributed by atoms with Gasteiger partial charge in [0, 0.05) is 6.20 Å². The number of carboxylic acid groups (broad SMARTS) is 1. The lowest BCUT2D eigenvalue weighted by Crippen LogP contribution is -2.43. The second-order valence-electron chi connectivity index (χ2n) is 5.75. The van der Waals surface area contributed by atoms with E-state index in [1.807, 2.05) is 27.7 Å². The molecule has 0 saturated heterocycles. The van der Waals surface area contributed by atoms with Crippen LogP contribution in [0.4, 0.5) is 0 Å². The van der Waals surface area contributed by atoms with Crippen molar-refractivity contribution in [2.45, 2.75) is 46.1 Å². The van der Waals surface area contributed by atoms with Crippen LogP contribution in [0.2, 0.25) is 0 Å². The van der Waals surface area contributed by atoms with E-state index in [2.05, 4.69) is 15.3 Å². The van der Waals surface area contributed by atoms with Gasteiger partial charge in [-0.1, -0.05) is 27.7 Å². The first kappa shape index (κ1) is 16.1. The number of carbonyl (C=O) groups excluding carboxylic acids is 1. The van der Waals surface area contributed by atoms with Gasteiger partial charge in [0.15, 0.2) is 5.84 Å². The van der Waals surface area contributed by atoms with E-state index in [1.165, 1.54) is 0 Å². The number of amides is 1. The molecule has 22 heavy (non-hydrogen) atoms. The molecule has 0 fully saturated rings. The van der Waals surface area contributed by atoms with Crippen LogP contribution in [0.15, 0.2) is 17.3 Å². The molecule has 1 aliphatic heterocycles. The number of nitrogens with zero attached hydrogens (tertiary/aromatic N) is 2. The van der Waals surface area contributed by atoms with E-state index in [0.717, 1.165) is 5.56 Å². The normalized spacial score (nSPS) is 21.0. The maximum Gasteiger partial charge on any atom is 0.338 e. The van der Waals surface area contributed by atoms with Gasteiger partial charge in [0.05, 0.1) is 5.56 Å². The van der Waals surface area contributed by atoms with E-state index in [9.17, 15) is 14.7 Å². The SMILES string of the molecule is CCc1cnc(C2=NC(CC)(C(C)C)C(=O)N2)c(C(=O)O)c1. The number of amidine groups is 1. The third-order valence-corrected chi connectivity index (χ3v) is 4.24. The molecule has 0 aliphatic carbocycles. The van der Waals surface area contributed by atoms with Gasteiger partial charge in [0.2, 0.25) is 0 Å². The highest BCUT2D eigenvalue weighted by molar-refractivity contribution is 6.17. The number of carboxylic acids is 1. The average molecular weight is 303 g/mol. The number of rotatable bonds is 5. The van der Waals surface area contributed by atoms with Crippen LogP contribution in [0.5, 0.6) is 0 Å². The molecule has 0 bridgehead atoms. The van der Waals surface area contributed by atoms with Gasteiger partial charge in [-0.2, -0.15) is 0 Å². The predicted molar refractivity (Wildman–Crippen MR) is 83.1 cm³/mol. The Morgan fingerprint density at radius 1 is 1.41 bits per heavy atom. The first-order valence-electron chi connectivity index (χ1n) is 7.49. The van der Waals surface area contributed by atoms with E-state index in [1.54, 1.807) is 12.3 Å². The van der Waals surface area contributed by atoms with Crippen molar-refractivity contribution in [3.05, 3.63) is 29.1 Å². The molecule has 6 heteroatoms. The largest absolute Gasteiger partial charge is 0.478 e. The molecule has 1 aliphatic rings. The molecule has 2 rings (SSSR count). The molecule has 6 nitrogen and oxygen atoms in total. The highest BCUT2D eigenvalue weighted by atomic mass is 16.4. The van der Waals surface area contributed by atoms with E-state index in [-0.39, 0.29) is 28.9 Å². The molecule has 1 unspecified atom stereocenters. The van der Waals surface area contributed by atoms with E-state index in [4.69, 9.17) is 0 Å². The summed E-state index contributed by atoms with van der Waals surface area (Å²) in [6.07, 6.45) is 2.87. The van der Waals surface area contributed by atoms with E-state index in [0.29, 0.717) is 12.8 Å². The van der Waals surface area contributed by atoms with Gasteiger partial charge in [-0.3, -0.25) is 9.78 Å². The lowest BCUT2D eigenvalue weighted by molar-refractivity contribution is -0.125. The Morgan fingerprint density at radius 3 is 2.55 bits per heavy atom. The Hall–Kier alpha value is -2.24. The topological polar surface area (TPSA) is 91.7 Å². The zero-order valence-electron chi connectivity index (χ0n) is 13.3. The summed E-state index contributed by atoms with van der Waals surface area (Å²) in [5, 5.41) is 12.1. The minimum absolute atomic E-state index is 0.0122. The monoisotopic (exact) mass is 303 g/mol. The van der Waals surface area contributed by atoms with Crippen LogP contribution in [0.1, 0.15) is 55.7 Å². The Kier molecular flexibility index (Phi) is 4.30. The van der Waals surface area contributed by atoms with Crippen molar-refractivity contribution in [2.24, 2.45) is 10.9 Å². The van der Waals surface area contributed by atoms with Crippen molar-refractivity contribution in [1.29, 1.82) is 0 Å². The fourth-order valence-electron chi connectivity index (χ4n) is 2.70. The fourth-order valence-corrected chi connectivity index (χ4v) is 2.70. The number of pyridine rings is 1. The molecule has 2 N–H and O–H groups in total. The van der Waals surface area contributed by atoms with Crippen LogP contribution in [-0.4, -0.2) is 33.3 Å². The molecule has 1 aromatic heterocycles. The van der Waals surface area contributed by atoms with Crippen LogP contribution in [0.25, 0.3) is 0 Å². The van der Waals surface area contributed by atoms with Gasteiger partial charge in [-0.15, -0.1) is 0 Å². The van der Waals surface area contributed by atoms with Gasteiger partial charge < -0.3 is 10.4 Å². The summed E-state index contributed by atoms with van der Waals surface area (Å²) >= 11 is 0. The first-order chi connectivity index (χ1) is 10.4. The van der Waals surface area contributed by atoms with Gasteiger partial charge in [-0.25, -0.2) is 9.79 Å². The second kappa shape index (κ2) is 5.87. The number of aromatic nitrogens is 1. The minimum Gasteiger partial charge on any atom is -0.478 e. The van der Waals surface area contributed by atoms with Crippen LogP contribution in [0.3, 0.4) is 0 Å². The molecule has 0 radical (unpaired) electrons. The predicted octanol–water partition coefficient (Wildman–Crippen LogP) is 2.02. The van der Waals surface area contributed by atoms with Gasteiger partial charge >= 0.3 is 5.97 Å². The summed E-state index contributed by atoms with van der Waals surface area (Å²) in [5.74, 6) is -1.01. The van der Waals surface area contributed by atoms with Crippen molar-refractivity contribution >= 4 is 17.7 Å². The number of aliphatic imine (C=N–C) groups is 1. The zero-order chi connectivity index (χ0) is 16.5. The molecule has 2 heterocycles. The lowest BCUT2D eigenvalue weighted by Gasteiger charge is -2.25. The quantitative estimate of drug-likeness (QED) is 0.870. The van der Waals surface area contributed by atoms with Crippen molar-refractivity contribution in [3.8, 4) is 0 Å². The summed E-state index contributed by atoms with van der Waals surface area (Å²) in [6, 6.07) is 1.58.